The summed E-state index contributed by atoms with van der Waals surface area (Å²) in [6, 6.07) is 0. The summed E-state index contributed by atoms with van der Waals surface area (Å²) >= 11 is 0. The minimum absolute atomic E-state index is 0.232. The summed E-state index contributed by atoms with van der Waals surface area (Å²) in [5.74, 6) is -0.467. The second-order valence-corrected chi connectivity index (χ2v) is 11.6. The summed E-state index contributed by atoms with van der Waals surface area (Å²) in [6.45, 7) is 12.9. The summed E-state index contributed by atoms with van der Waals surface area (Å²) < 4.78 is 9.97. The Labute approximate surface area is 267 Å². The number of aromatic nitrogens is 2. The first-order chi connectivity index (χ1) is 21.7. The van der Waals surface area contributed by atoms with Gasteiger partial charge in [-0.3, -0.25) is 14.6 Å². The van der Waals surface area contributed by atoms with Gasteiger partial charge in [-0.05, 0) is 91.8 Å². The molecule has 8 nitrogen and oxygen atoms in total. The molecule has 0 amide bonds. The molecule has 0 saturated carbocycles. The van der Waals surface area contributed by atoms with Gasteiger partial charge < -0.3 is 19.4 Å². The molecular weight excluding hydrogens is 564 g/mol. The molecule has 0 atom stereocenters. The van der Waals surface area contributed by atoms with Gasteiger partial charge in [0, 0.05) is 65.5 Å². The minimum Gasteiger partial charge on any atom is -0.469 e. The number of nitrogens with one attached hydrogen (secondary N) is 3. The number of carbonyl (C=O) groups is 2. The monoisotopic (exact) mass is 613 g/mol. The smallest absolute Gasteiger partial charge is 0.305 e. The highest BCUT2D eigenvalue weighted by atomic mass is 16.5. The van der Waals surface area contributed by atoms with E-state index < -0.39 is 0 Å². The van der Waals surface area contributed by atoms with Crippen molar-refractivity contribution in [3.8, 4) is 0 Å². The van der Waals surface area contributed by atoms with E-state index in [0.29, 0.717) is 32.1 Å². The van der Waals surface area contributed by atoms with Gasteiger partial charge in [0.15, 0.2) is 6.21 Å². The van der Waals surface area contributed by atoms with Crippen LogP contribution < -0.4 is 4.99 Å². The van der Waals surface area contributed by atoms with E-state index in [1.54, 1.807) is 0 Å². The van der Waals surface area contributed by atoms with Crippen LogP contribution in [0.2, 0.25) is 0 Å². The van der Waals surface area contributed by atoms with E-state index in [1.807, 2.05) is 6.21 Å². The van der Waals surface area contributed by atoms with Crippen LogP contribution >= 0.6 is 0 Å². The molecule has 0 radical (unpaired) electrons. The van der Waals surface area contributed by atoms with E-state index in [1.165, 1.54) is 36.5 Å². The number of nitrogens with zero attached hydrogens (tertiary/aromatic N) is 1. The Morgan fingerprint density at radius 1 is 0.778 bits per heavy atom. The third kappa shape index (κ3) is 7.38. The number of aliphatic imine (C=N–C) groups is 1. The summed E-state index contributed by atoms with van der Waals surface area (Å²) in [5.41, 5.74) is 15.9. The highest BCUT2D eigenvalue weighted by Crippen LogP contribution is 2.32. The minimum atomic E-state index is -0.235. The molecule has 8 heteroatoms. The molecule has 0 fully saturated rings. The fraction of sp³-hybridized carbons (Fsp3) is 0.459. The lowest BCUT2D eigenvalue weighted by Crippen LogP contribution is -2.64. The average Bonchev–Trinajstić information content (AvgIpc) is 3.79. The molecule has 0 aliphatic carbocycles. The van der Waals surface area contributed by atoms with Crippen molar-refractivity contribution in [1.82, 2.24) is 9.97 Å². The number of hydrogen-bond acceptors (Lipinski definition) is 5. The number of esters is 2. The highest BCUT2D eigenvalue weighted by molar-refractivity contribution is 5.88. The van der Waals surface area contributed by atoms with Crippen molar-refractivity contribution in [2.75, 3.05) is 14.2 Å². The first-order valence-corrected chi connectivity index (χ1v) is 16.2. The molecule has 45 heavy (non-hydrogen) atoms. The Kier molecular flexibility index (Phi) is 11.4. The van der Waals surface area contributed by atoms with Crippen molar-refractivity contribution >= 4 is 36.5 Å². The third-order valence-corrected chi connectivity index (χ3v) is 9.19. The first-order valence-electron chi connectivity index (χ1n) is 16.2. The molecule has 0 aromatic carbocycles. The zero-order valence-electron chi connectivity index (χ0n) is 28.3. The Morgan fingerprint density at radius 2 is 1.31 bits per heavy atom. The van der Waals surface area contributed by atoms with Crippen LogP contribution in [0.1, 0.15) is 111 Å². The van der Waals surface area contributed by atoms with E-state index in [-0.39, 0.29) is 11.9 Å². The number of allylic oxidation sites excluding steroid dienone is 4. The Bertz CT molecular complexity index is 1520. The van der Waals surface area contributed by atoms with Crippen molar-refractivity contribution in [3.05, 3.63) is 78.7 Å². The molecule has 2 aliphatic rings. The fourth-order valence-electron chi connectivity index (χ4n) is 6.50. The van der Waals surface area contributed by atoms with Gasteiger partial charge in [0.2, 0.25) is 5.70 Å². The van der Waals surface area contributed by atoms with Crippen molar-refractivity contribution < 1.29 is 24.1 Å². The lowest BCUT2D eigenvalue weighted by atomic mass is 9.98. The predicted octanol–water partition coefficient (Wildman–Crippen LogP) is 5.93. The molecule has 0 spiro atoms. The van der Waals surface area contributed by atoms with Gasteiger partial charge in [-0.25, -0.2) is 4.99 Å². The molecule has 0 unspecified atom stereocenters. The molecule has 240 valence electrons. The lowest BCUT2D eigenvalue weighted by molar-refractivity contribution is -0.380. The fourth-order valence-corrected chi connectivity index (χ4v) is 6.50. The van der Waals surface area contributed by atoms with Crippen molar-refractivity contribution in [3.63, 3.8) is 0 Å². The van der Waals surface area contributed by atoms with Crippen LogP contribution in [0.4, 0.5) is 0 Å². The molecule has 3 N–H and O–H groups in total. The Hall–Kier alpha value is -4.20. The van der Waals surface area contributed by atoms with Crippen molar-refractivity contribution in [2.45, 2.75) is 99.3 Å². The van der Waals surface area contributed by atoms with Crippen molar-refractivity contribution in [2.24, 2.45) is 4.99 Å². The zero-order valence-corrected chi connectivity index (χ0v) is 28.3. The zero-order chi connectivity index (χ0) is 32.7. The van der Waals surface area contributed by atoms with Gasteiger partial charge in [-0.1, -0.05) is 27.7 Å². The van der Waals surface area contributed by atoms with Gasteiger partial charge in [-0.15, -0.1) is 0 Å². The largest absolute Gasteiger partial charge is 0.469 e. The van der Waals surface area contributed by atoms with Crippen LogP contribution in [0.25, 0.3) is 12.2 Å². The predicted molar refractivity (Wildman–Crippen MR) is 181 cm³/mol. The molecular formula is C37H49N4O4+. The van der Waals surface area contributed by atoms with E-state index >= 15 is 0 Å². The summed E-state index contributed by atoms with van der Waals surface area (Å²) in [7, 11) is 2.85. The maximum absolute atomic E-state index is 12.2. The number of rotatable bonds is 14. The molecule has 2 aliphatic heterocycles. The normalized spacial score (nSPS) is 16.3. The summed E-state index contributed by atoms with van der Waals surface area (Å²) in [4.78, 5) is 40.0. The van der Waals surface area contributed by atoms with Crippen LogP contribution in [-0.4, -0.2) is 48.6 Å². The second-order valence-electron chi connectivity index (χ2n) is 11.6. The highest BCUT2D eigenvalue weighted by Gasteiger charge is 2.24. The number of H-pyrrole nitrogens is 2. The average molecular weight is 614 g/mol. The van der Waals surface area contributed by atoms with E-state index in [9.17, 15) is 9.59 Å². The van der Waals surface area contributed by atoms with Crippen LogP contribution in [0.3, 0.4) is 0 Å². The van der Waals surface area contributed by atoms with Crippen LogP contribution in [-0.2, 0) is 38.3 Å². The van der Waals surface area contributed by atoms with E-state index in [4.69, 9.17) is 14.5 Å². The van der Waals surface area contributed by atoms with Crippen LogP contribution in [0, 0.1) is 13.8 Å². The van der Waals surface area contributed by atoms with Crippen LogP contribution in [0.15, 0.2) is 38.7 Å². The molecule has 4 rings (SSSR count). The molecule has 0 bridgehead atoms. The standard InChI is InChI=1S/C37H48N4O4/c1-9-24-20-38-32(26(24)11-3)17-30-22(5)28(13-15-36(42)44-7)34(40-30)19-35-29(14-16-37(43)45-8)23(6)31(41-35)18-33-27(12-4)25(10-2)21-39-33/h17-18,20-21,40-41H,9-16,19H2,1-8H3/p+1/b32-17-,33-18-. The topological polar surface area (TPSA) is 111 Å². The van der Waals surface area contributed by atoms with Crippen molar-refractivity contribution in [1.29, 1.82) is 0 Å². The van der Waals surface area contributed by atoms with Gasteiger partial charge in [0.1, 0.15) is 0 Å². The van der Waals surface area contributed by atoms with Gasteiger partial charge >= 0.3 is 11.9 Å². The first kappa shape index (κ1) is 33.7. The van der Waals surface area contributed by atoms with E-state index in [2.05, 4.69) is 74.9 Å². The second kappa shape index (κ2) is 15.2. The SMILES string of the molecule is CCC1=C(CC)/C(=C/c2[nH]c(Cc3[nH]c(/C=C4\[NH+]=CC(CC)=C4CC)c(C)c3CCC(=O)OC)c(CCC(=O)OC)c2C)N=C1. The molecule has 0 saturated heterocycles. The lowest BCUT2D eigenvalue weighted by Gasteiger charge is -2.08. The third-order valence-electron chi connectivity index (χ3n) is 9.19. The Balaban J connectivity index is 1.80. The number of carbonyl (C=O) groups excluding carboxylic acids is 2. The summed E-state index contributed by atoms with van der Waals surface area (Å²) in [5, 5.41) is 0. The summed E-state index contributed by atoms with van der Waals surface area (Å²) in [6.07, 6.45) is 14.5. The maximum atomic E-state index is 12.2. The molecule has 2 aromatic heterocycles. The maximum Gasteiger partial charge on any atom is 0.305 e. The molecule has 4 heterocycles. The van der Waals surface area contributed by atoms with Gasteiger partial charge in [0.25, 0.3) is 0 Å². The number of ether oxygens (including phenoxy) is 2. The molecule has 2 aromatic rings. The number of aromatic amines is 2. The number of hydrogen-bond donors (Lipinski definition) is 3. The number of methoxy groups -OCH3 is 2. The quantitative estimate of drug-likeness (QED) is 0.230. The Morgan fingerprint density at radius 3 is 1.80 bits per heavy atom. The van der Waals surface area contributed by atoms with E-state index in [0.717, 1.165) is 82.1 Å². The van der Waals surface area contributed by atoms with Crippen LogP contribution in [0.5, 0.6) is 0 Å². The van der Waals surface area contributed by atoms with Gasteiger partial charge in [0.05, 0.1) is 19.9 Å². The van der Waals surface area contributed by atoms with Gasteiger partial charge in [-0.2, -0.15) is 0 Å².